The minimum Gasteiger partial charge on any atom is -0.343 e. The van der Waals surface area contributed by atoms with Crippen molar-refractivity contribution in [3.63, 3.8) is 0 Å². The Bertz CT molecular complexity index is 473. The Morgan fingerprint density at radius 3 is 2.79 bits per heavy atom. The lowest BCUT2D eigenvalue weighted by atomic mass is 9.79. The second-order valence-corrected chi connectivity index (χ2v) is 6.09. The number of hydrogen-bond acceptors (Lipinski definition) is 3. The number of nitrogens with zero attached hydrogens (tertiary/aromatic N) is 1. The minimum atomic E-state index is -0.0269. The predicted octanol–water partition coefficient (Wildman–Crippen LogP) is 2.74. The van der Waals surface area contributed by atoms with Gasteiger partial charge in [0.15, 0.2) is 0 Å². The van der Waals surface area contributed by atoms with Crippen LogP contribution < -0.4 is 10.6 Å². The van der Waals surface area contributed by atoms with E-state index in [9.17, 15) is 0 Å². The number of anilines is 1. The number of hydrogen-bond donors (Lipinski definition) is 3. The molecule has 1 aromatic heterocycles. The highest BCUT2D eigenvalue weighted by Gasteiger charge is 2.32. The Morgan fingerprint density at radius 2 is 2.11 bits per heavy atom. The van der Waals surface area contributed by atoms with Crippen molar-refractivity contribution in [3.8, 4) is 0 Å². The van der Waals surface area contributed by atoms with E-state index in [1.807, 2.05) is 12.4 Å². The molecule has 2 aliphatic rings. The van der Waals surface area contributed by atoms with E-state index in [-0.39, 0.29) is 5.41 Å². The lowest BCUT2D eigenvalue weighted by Gasteiger charge is -2.34. The van der Waals surface area contributed by atoms with Gasteiger partial charge in [0.25, 0.3) is 0 Å². The van der Waals surface area contributed by atoms with E-state index in [1.165, 1.54) is 18.4 Å². The molecule has 0 amide bonds. The minimum absolute atomic E-state index is 0.0269. The summed E-state index contributed by atoms with van der Waals surface area (Å²) in [7, 11) is 0. The molecular formula is C15H22N4. The molecule has 0 radical (unpaired) electrons. The molecule has 2 heterocycles. The lowest BCUT2D eigenvalue weighted by Crippen LogP contribution is -2.42. The van der Waals surface area contributed by atoms with Gasteiger partial charge < -0.3 is 10.6 Å². The van der Waals surface area contributed by atoms with Crippen molar-refractivity contribution < 1.29 is 0 Å². The molecule has 4 heteroatoms. The number of nitrogens with one attached hydrogen (secondary N) is 3. The fraction of sp³-hybridized carbons (Fsp3) is 0.600. The third kappa shape index (κ3) is 2.78. The number of rotatable bonds is 3. The molecule has 1 aliphatic carbocycles. The molecule has 3 N–H and O–H groups in total. The normalized spacial score (nSPS) is 21.9. The van der Waals surface area contributed by atoms with Crippen LogP contribution >= 0.6 is 0 Å². The Morgan fingerprint density at radius 1 is 1.37 bits per heavy atom. The van der Waals surface area contributed by atoms with Crippen molar-refractivity contribution in [2.24, 2.45) is 5.41 Å². The van der Waals surface area contributed by atoms with Crippen LogP contribution in [0, 0.1) is 10.8 Å². The van der Waals surface area contributed by atoms with Crippen LogP contribution in [0.2, 0.25) is 0 Å². The molecule has 1 aromatic rings. The van der Waals surface area contributed by atoms with Crippen molar-refractivity contribution in [3.05, 3.63) is 24.0 Å². The highest BCUT2D eigenvalue weighted by Crippen LogP contribution is 2.40. The molecule has 0 unspecified atom stereocenters. The zero-order valence-electron chi connectivity index (χ0n) is 11.5. The molecule has 2 fully saturated rings. The van der Waals surface area contributed by atoms with E-state index in [4.69, 9.17) is 5.41 Å². The topological polar surface area (TPSA) is 60.8 Å². The largest absolute Gasteiger partial charge is 0.343 e. The van der Waals surface area contributed by atoms with E-state index in [2.05, 4.69) is 28.6 Å². The summed E-state index contributed by atoms with van der Waals surface area (Å²) in [6.07, 6.45) is 8.39. The molecule has 0 atom stereocenters. The highest BCUT2D eigenvalue weighted by molar-refractivity contribution is 5.97. The Labute approximate surface area is 114 Å². The summed E-state index contributed by atoms with van der Waals surface area (Å²) in [6.45, 7) is 4.18. The molecule has 3 rings (SSSR count). The molecule has 1 saturated carbocycles. The third-order valence-electron chi connectivity index (χ3n) is 4.39. The number of pyridine rings is 1. The van der Waals surface area contributed by atoms with Crippen LogP contribution in [-0.2, 0) is 0 Å². The van der Waals surface area contributed by atoms with Crippen LogP contribution in [0.1, 0.15) is 44.1 Å². The van der Waals surface area contributed by atoms with Crippen molar-refractivity contribution in [1.82, 2.24) is 10.3 Å². The van der Waals surface area contributed by atoms with Crippen LogP contribution in [-0.4, -0.2) is 23.9 Å². The fourth-order valence-corrected chi connectivity index (χ4v) is 2.69. The molecule has 19 heavy (non-hydrogen) atoms. The van der Waals surface area contributed by atoms with Crippen molar-refractivity contribution in [2.45, 2.75) is 38.5 Å². The van der Waals surface area contributed by atoms with Gasteiger partial charge in [-0.25, -0.2) is 0 Å². The SMILES string of the molecule is CC1(C(=N)Nc2cncc(C3CC3)c2)CCNCC1. The second kappa shape index (κ2) is 4.93. The molecule has 0 bridgehead atoms. The van der Waals surface area contributed by atoms with Crippen LogP contribution in [0.15, 0.2) is 18.5 Å². The van der Waals surface area contributed by atoms with Crippen molar-refractivity contribution in [2.75, 3.05) is 18.4 Å². The zero-order chi connectivity index (χ0) is 13.3. The summed E-state index contributed by atoms with van der Waals surface area (Å²) in [5.41, 5.74) is 2.25. The van der Waals surface area contributed by atoms with Gasteiger partial charge in [0.1, 0.15) is 5.84 Å². The van der Waals surface area contributed by atoms with Gasteiger partial charge >= 0.3 is 0 Å². The summed E-state index contributed by atoms with van der Waals surface area (Å²) in [6, 6.07) is 2.16. The van der Waals surface area contributed by atoms with E-state index in [1.54, 1.807) is 0 Å². The van der Waals surface area contributed by atoms with Crippen LogP contribution in [0.25, 0.3) is 0 Å². The average molecular weight is 258 g/mol. The summed E-state index contributed by atoms with van der Waals surface area (Å²) in [5.74, 6) is 1.33. The maximum Gasteiger partial charge on any atom is 0.104 e. The quantitative estimate of drug-likeness (QED) is 0.577. The van der Waals surface area contributed by atoms with Gasteiger partial charge in [-0.1, -0.05) is 6.92 Å². The third-order valence-corrected chi connectivity index (χ3v) is 4.39. The number of amidine groups is 1. The molecule has 0 spiro atoms. The second-order valence-electron chi connectivity index (χ2n) is 6.09. The average Bonchev–Trinajstić information content (AvgIpc) is 3.24. The summed E-state index contributed by atoms with van der Waals surface area (Å²) in [5, 5.41) is 15.0. The van der Waals surface area contributed by atoms with Crippen molar-refractivity contribution >= 4 is 11.5 Å². The molecule has 1 aliphatic heterocycles. The van der Waals surface area contributed by atoms with Gasteiger partial charge in [-0.15, -0.1) is 0 Å². The standard InChI is InChI=1S/C15H22N4/c1-15(4-6-17-7-5-15)14(16)19-13-8-12(9-18-10-13)11-2-3-11/h8-11,17H,2-7H2,1H3,(H2,16,19). The molecule has 4 nitrogen and oxygen atoms in total. The maximum absolute atomic E-state index is 8.34. The lowest BCUT2D eigenvalue weighted by molar-refractivity contribution is 0.326. The van der Waals surface area contributed by atoms with Crippen LogP contribution in [0.5, 0.6) is 0 Å². The monoisotopic (exact) mass is 258 g/mol. The maximum atomic E-state index is 8.34. The van der Waals surface area contributed by atoms with Gasteiger partial charge in [-0.2, -0.15) is 0 Å². The van der Waals surface area contributed by atoms with E-state index in [0.717, 1.165) is 31.6 Å². The van der Waals surface area contributed by atoms with E-state index in [0.29, 0.717) is 11.8 Å². The van der Waals surface area contributed by atoms with Crippen LogP contribution in [0.4, 0.5) is 5.69 Å². The first kappa shape index (κ1) is 12.6. The van der Waals surface area contributed by atoms with Crippen LogP contribution in [0.3, 0.4) is 0 Å². The summed E-state index contributed by atoms with van der Waals surface area (Å²) in [4.78, 5) is 4.30. The van der Waals surface area contributed by atoms with Gasteiger partial charge in [0.2, 0.25) is 0 Å². The Hall–Kier alpha value is -1.42. The number of piperidine rings is 1. The van der Waals surface area contributed by atoms with E-state index < -0.39 is 0 Å². The van der Waals surface area contributed by atoms with Gasteiger partial charge in [0.05, 0.1) is 11.9 Å². The first-order chi connectivity index (χ1) is 9.17. The number of aromatic nitrogens is 1. The first-order valence-corrected chi connectivity index (χ1v) is 7.19. The van der Waals surface area contributed by atoms with E-state index >= 15 is 0 Å². The molecule has 0 aromatic carbocycles. The van der Waals surface area contributed by atoms with Gasteiger partial charge in [0, 0.05) is 11.6 Å². The zero-order valence-corrected chi connectivity index (χ0v) is 11.5. The predicted molar refractivity (Wildman–Crippen MR) is 77.8 cm³/mol. The van der Waals surface area contributed by atoms with Gasteiger partial charge in [-0.05, 0) is 56.3 Å². The molecule has 102 valence electrons. The molecule has 1 saturated heterocycles. The fourth-order valence-electron chi connectivity index (χ4n) is 2.69. The highest BCUT2D eigenvalue weighted by atomic mass is 15.0. The summed E-state index contributed by atoms with van der Waals surface area (Å²) >= 11 is 0. The Balaban J connectivity index is 1.69. The van der Waals surface area contributed by atoms with Crippen molar-refractivity contribution in [1.29, 1.82) is 5.41 Å². The summed E-state index contributed by atoms with van der Waals surface area (Å²) < 4.78 is 0. The molecular weight excluding hydrogens is 236 g/mol. The van der Waals surface area contributed by atoms with Gasteiger partial charge in [-0.3, -0.25) is 10.4 Å². The smallest absolute Gasteiger partial charge is 0.104 e. The first-order valence-electron chi connectivity index (χ1n) is 7.19. The Kier molecular flexibility index (Phi) is 3.27.